The first-order chi connectivity index (χ1) is 40.5. The van der Waals surface area contributed by atoms with Crippen molar-refractivity contribution in [3.05, 3.63) is 140 Å². The lowest BCUT2D eigenvalue weighted by molar-refractivity contribution is -0.0933. The van der Waals surface area contributed by atoms with Crippen LogP contribution < -0.4 is 26.0 Å². The molecule has 4 aromatic rings. The van der Waals surface area contributed by atoms with Gasteiger partial charge in [-0.3, -0.25) is 14.3 Å². The highest BCUT2D eigenvalue weighted by Crippen LogP contribution is 2.53. The highest BCUT2D eigenvalue weighted by molar-refractivity contribution is 7.80. The van der Waals surface area contributed by atoms with E-state index in [2.05, 4.69) is 166 Å². The molecule has 0 amide bonds. The molecular weight excluding hydrogens is 1080 g/mol. The van der Waals surface area contributed by atoms with Gasteiger partial charge >= 0.3 is 5.69 Å². The Kier molecular flexibility index (Phi) is 28.6. The summed E-state index contributed by atoms with van der Waals surface area (Å²) in [6.07, 6.45) is 4.05. The number of aromatic nitrogens is 2. The van der Waals surface area contributed by atoms with E-state index < -0.39 is 49.7 Å². The van der Waals surface area contributed by atoms with Gasteiger partial charge in [-0.15, -0.1) is 0 Å². The van der Waals surface area contributed by atoms with Gasteiger partial charge in [0.2, 0.25) is 6.54 Å². The van der Waals surface area contributed by atoms with E-state index in [1.54, 1.807) is 21.1 Å². The Morgan fingerprint density at radius 2 is 1.23 bits per heavy atom. The molecule has 5 rings (SSSR count). The maximum Gasteiger partial charge on any atom is 0.330 e. The Balaban J connectivity index is 1.34. The average Bonchev–Trinajstić information content (AvgIpc) is 3.98. The van der Waals surface area contributed by atoms with Gasteiger partial charge in [0, 0.05) is 48.7 Å². The van der Waals surface area contributed by atoms with E-state index >= 15 is 0 Å². The smallest absolute Gasteiger partial charge is 0.330 e. The fraction of sp³-hybridized carbons (Fsp3) is 0.353. The van der Waals surface area contributed by atoms with E-state index in [-0.39, 0.29) is 31.8 Å². The summed E-state index contributed by atoms with van der Waals surface area (Å²) in [4.78, 5) is 32.7. The molecule has 2 heterocycles. The number of nitrogens with one attached hydrogen (secondary N) is 2. The van der Waals surface area contributed by atoms with Crippen molar-refractivity contribution in [1.82, 2.24) is 19.5 Å². The van der Waals surface area contributed by atoms with Crippen LogP contribution in [0.2, 0.25) is 0 Å². The number of unbranched alkanes of at least 4 members (excludes halogenated alkanes) is 4. The molecule has 0 spiro atoms. The summed E-state index contributed by atoms with van der Waals surface area (Å²) < 4.78 is 43.2. The molecule has 420 valence electrons. The van der Waals surface area contributed by atoms with Crippen molar-refractivity contribution in [1.29, 1.82) is 0 Å². The fourth-order valence-electron chi connectivity index (χ4n) is 8.89. The lowest BCUT2D eigenvalue weighted by atomic mass is 9.80. The van der Waals surface area contributed by atoms with Crippen molar-refractivity contribution in [2.45, 2.75) is 109 Å². The molecule has 15 heteroatoms. The fourth-order valence-corrected chi connectivity index (χ4v) is 10.8. The minimum atomic E-state index is -1.79. The van der Waals surface area contributed by atoms with E-state index in [1.807, 2.05) is 78.9 Å². The van der Waals surface area contributed by atoms with Crippen molar-refractivity contribution >= 4 is 25.7 Å². The second kappa shape index (κ2) is 36.5. The van der Waals surface area contributed by atoms with Gasteiger partial charge in [0.05, 0.1) is 20.8 Å². The standard InChI is InChI=1S/C68H64N5O8PS/c1-9-10-11-12-13-14-15-16-17-18-19-20-21-22-23-24-25-28-34-39-64(83)70-49-35-29-26-27-33-38-61-65(81-82(79-52-50-69-6)73(54(2)3)55(4)5)62(80-66(61)72-51-48-63(74)71-67(72)75)53-78-68(56-36-31-30-32-37-56,57-40-44-59(76-7)45-41-57)58-42-46-60(77-8)47-43-58/h30-32,36-37,40-48,51,54-55,61-62,65-66H,26-27,29,33,35,38,49-50,52-53H2,1-5,7-8H3,(H,70,83)(H,71,74,75)/t61?,62-,65-,66-,82?/m1/s1. The van der Waals surface area contributed by atoms with Gasteiger partial charge in [-0.25, -0.2) is 16.0 Å². The van der Waals surface area contributed by atoms with E-state index in [9.17, 15) is 9.59 Å². The molecule has 83 heavy (non-hydrogen) atoms. The molecule has 1 fully saturated rings. The number of thiocarbonyl (C=S) groups is 1. The number of hydrogen-bond donors (Lipinski definition) is 2. The van der Waals surface area contributed by atoms with Gasteiger partial charge in [0.15, 0.2) is 4.99 Å². The zero-order chi connectivity index (χ0) is 59.5. The number of hydrogen-bond acceptors (Lipinski definition) is 10. The average molecular weight is 1140 g/mol. The third kappa shape index (κ3) is 20.9. The first-order valence-electron chi connectivity index (χ1n) is 26.8. The van der Waals surface area contributed by atoms with Crippen molar-refractivity contribution in [3.8, 4) is 130 Å². The van der Waals surface area contributed by atoms with Gasteiger partial charge in [-0.2, -0.15) is 0 Å². The van der Waals surface area contributed by atoms with Crippen LogP contribution in [0.3, 0.4) is 0 Å². The summed E-state index contributed by atoms with van der Waals surface area (Å²) in [5.41, 5.74) is 0.170. The summed E-state index contributed by atoms with van der Waals surface area (Å²) in [6, 6.07) is 26.9. The number of H-pyrrole nitrogens is 1. The summed E-state index contributed by atoms with van der Waals surface area (Å²) in [5, 5.41) is 3.18. The molecule has 0 radical (unpaired) electrons. The molecule has 1 aliphatic rings. The van der Waals surface area contributed by atoms with E-state index in [1.165, 1.54) is 16.8 Å². The number of methoxy groups -OCH3 is 2. The van der Waals surface area contributed by atoms with Gasteiger partial charge in [-0.1, -0.05) is 98.4 Å². The third-order valence-corrected chi connectivity index (χ3v) is 14.8. The zero-order valence-electron chi connectivity index (χ0n) is 47.7. The molecule has 13 nitrogen and oxygen atoms in total. The first kappa shape index (κ1) is 65.0. The lowest BCUT2D eigenvalue weighted by Crippen LogP contribution is -2.41. The van der Waals surface area contributed by atoms with Crippen molar-refractivity contribution in [2.75, 3.05) is 40.5 Å². The highest BCUT2D eigenvalue weighted by atomic mass is 32.1. The third-order valence-electron chi connectivity index (χ3n) is 12.5. The lowest BCUT2D eigenvalue weighted by Gasteiger charge is -2.39. The summed E-state index contributed by atoms with van der Waals surface area (Å²) in [5.74, 6) is 52.7. The number of benzene rings is 3. The summed E-state index contributed by atoms with van der Waals surface area (Å²) in [6.45, 7) is 18.5. The summed E-state index contributed by atoms with van der Waals surface area (Å²) in [7, 11) is 1.46. The molecule has 1 saturated heterocycles. The van der Waals surface area contributed by atoms with Gasteiger partial charge in [0.25, 0.3) is 14.1 Å². The molecule has 0 aliphatic carbocycles. The van der Waals surface area contributed by atoms with Crippen LogP contribution in [0.15, 0.2) is 101 Å². The minimum absolute atomic E-state index is 0.00560. The molecule has 5 atom stereocenters. The van der Waals surface area contributed by atoms with Crippen LogP contribution in [-0.4, -0.2) is 84.0 Å². The molecule has 0 bridgehead atoms. The highest BCUT2D eigenvalue weighted by Gasteiger charge is 2.50. The van der Waals surface area contributed by atoms with Crippen LogP contribution in [0.4, 0.5) is 0 Å². The van der Waals surface area contributed by atoms with Crippen LogP contribution in [0.25, 0.3) is 4.85 Å². The van der Waals surface area contributed by atoms with Crippen LogP contribution in [0.5, 0.6) is 11.5 Å². The number of nitrogens with zero attached hydrogens (tertiary/aromatic N) is 3. The van der Waals surface area contributed by atoms with Crippen LogP contribution in [0, 0.1) is 131 Å². The molecule has 1 aliphatic heterocycles. The molecule has 1 aromatic heterocycles. The van der Waals surface area contributed by atoms with Crippen LogP contribution in [0.1, 0.15) is 96.1 Å². The molecule has 2 unspecified atom stereocenters. The number of aromatic amines is 1. The largest absolute Gasteiger partial charge is 0.497 e. The van der Waals surface area contributed by atoms with Gasteiger partial charge in [-0.05, 0) is 189 Å². The Labute approximate surface area is 496 Å². The predicted molar refractivity (Wildman–Crippen MR) is 330 cm³/mol. The number of ether oxygens (including phenoxy) is 4. The topological polar surface area (TPSA) is 130 Å². The Hall–Kier alpha value is -8.85. The molecule has 2 N–H and O–H groups in total. The van der Waals surface area contributed by atoms with Crippen LogP contribution in [-0.2, 0) is 24.1 Å². The predicted octanol–water partition coefficient (Wildman–Crippen LogP) is 9.05. The Bertz CT molecular complexity index is 3600. The Morgan fingerprint density at radius 3 is 1.73 bits per heavy atom. The quantitative estimate of drug-likeness (QED) is 0.0165. The zero-order valence-corrected chi connectivity index (χ0v) is 49.4. The van der Waals surface area contributed by atoms with Gasteiger partial charge in [0.1, 0.15) is 42.1 Å². The second-order valence-corrected chi connectivity index (χ2v) is 20.4. The van der Waals surface area contributed by atoms with Gasteiger partial charge < -0.3 is 38.2 Å². The van der Waals surface area contributed by atoms with E-state index in [0.29, 0.717) is 29.5 Å². The molecular formula is C68H64N5O8PS. The van der Waals surface area contributed by atoms with Crippen molar-refractivity contribution in [2.24, 2.45) is 5.92 Å². The maximum absolute atomic E-state index is 13.8. The summed E-state index contributed by atoms with van der Waals surface area (Å²) >= 11 is 5.41. The monoisotopic (exact) mass is 1140 g/mol. The first-order valence-corrected chi connectivity index (χ1v) is 28.4. The second-order valence-electron chi connectivity index (χ2n) is 18.6. The van der Waals surface area contributed by atoms with E-state index in [0.717, 1.165) is 48.8 Å². The molecule has 3 aromatic carbocycles. The Morgan fingerprint density at radius 1 is 0.723 bits per heavy atom. The number of rotatable bonds is 25. The van der Waals surface area contributed by atoms with E-state index in [4.69, 9.17) is 46.8 Å². The molecule has 0 saturated carbocycles. The van der Waals surface area contributed by atoms with Crippen molar-refractivity contribution < 1.29 is 28.0 Å². The van der Waals surface area contributed by atoms with Crippen LogP contribution >= 0.6 is 20.7 Å². The minimum Gasteiger partial charge on any atom is -0.497 e. The van der Waals surface area contributed by atoms with Crippen molar-refractivity contribution in [3.63, 3.8) is 0 Å². The maximum atomic E-state index is 13.8. The SMILES string of the molecule is [C-]#[N+]CCOP(O[C@@H]1C(CCCCCCCNC(=S)C#CC#CC#CC#CC#CC#CC#CC#CC#CC#CC)[C@H](n2ccc(=O)[nH]c2=O)O[C@@H]1COC(c1ccccc1)(c1ccc(OC)cc1)c1ccc(OC)cc1)N(C(C)C)C(C)C. The normalized spacial score (nSPS) is 14.7.